The first-order chi connectivity index (χ1) is 15.0. The lowest BCUT2D eigenvalue weighted by molar-refractivity contribution is -0.128. The van der Waals surface area contributed by atoms with E-state index in [1.54, 1.807) is 37.3 Å². The Morgan fingerprint density at radius 1 is 1.06 bits per heavy atom. The van der Waals surface area contributed by atoms with Crippen molar-refractivity contribution in [1.29, 1.82) is 0 Å². The molecule has 0 spiro atoms. The largest absolute Gasteiger partial charge is 0.342 e. The number of hydrogen-bond acceptors (Lipinski definition) is 4. The van der Waals surface area contributed by atoms with Gasteiger partial charge in [0.25, 0.3) is 5.56 Å². The number of para-hydroxylation sites is 1. The van der Waals surface area contributed by atoms with Gasteiger partial charge in [-0.1, -0.05) is 49.2 Å². The van der Waals surface area contributed by atoms with Crippen molar-refractivity contribution in [2.75, 3.05) is 18.8 Å². The number of amides is 1. The maximum atomic E-state index is 14.3. The average Bonchev–Trinajstić information content (AvgIpc) is 2.74. The zero-order chi connectivity index (χ0) is 21.8. The second kappa shape index (κ2) is 9.64. The molecule has 3 aromatic rings. The molecule has 1 saturated heterocycles. The Labute approximate surface area is 185 Å². The fourth-order valence-electron chi connectivity index (χ4n) is 3.87. The summed E-state index contributed by atoms with van der Waals surface area (Å²) in [4.78, 5) is 32.7. The smallest absolute Gasteiger partial charge is 0.266 e. The lowest BCUT2D eigenvalue weighted by atomic mass is 10.1. The van der Waals surface area contributed by atoms with Crippen molar-refractivity contribution in [2.24, 2.45) is 0 Å². The third kappa shape index (κ3) is 4.82. The summed E-state index contributed by atoms with van der Waals surface area (Å²) in [6, 6.07) is 11.8. The van der Waals surface area contributed by atoms with Gasteiger partial charge in [-0.05, 0) is 49.6 Å². The van der Waals surface area contributed by atoms with E-state index in [4.69, 9.17) is 0 Å². The molecule has 4 rings (SSSR count). The number of aromatic nitrogens is 2. The van der Waals surface area contributed by atoms with E-state index in [-0.39, 0.29) is 23.0 Å². The Kier molecular flexibility index (Phi) is 6.70. The number of fused-ring (bicyclic) bond motifs is 1. The minimum absolute atomic E-state index is 0.0518. The maximum absolute atomic E-state index is 14.3. The number of rotatable bonds is 4. The summed E-state index contributed by atoms with van der Waals surface area (Å²) in [5, 5.41) is 0.857. The summed E-state index contributed by atoms with van der Waals surface area (Å²) in [7, 11) is 0. The molecule has 1 aliphatic rings. The van der Waals surface area contributed by atoms with Gasteiger partial charge in [0, 0.05) is 13.1 Å². The van der Waals surface area contributed by atoms with Gasteiger partial charge in [0.2, 0.25) is 5.91 Å². The normalized spacial score (nSPS) is 15.0. The highest BCUT2D eigenvalue weighted by Crippen LogP contribution is 2.23. The van der Waals surface area contributed by atoms with E-state index in [1.807, 2.05) is 11.0 Å². The van der Waals surface area contributed by atoms with Gasteiger partial charge in [0.15, 0.2) is 5.16 Å². The molecular weight excluding hydrogens is 413 g/mol. The number of carbonyl (C=O) groups is 1. The van der Waals surface area contributed by atoms with Crippen LogP contribution in [0.25, 0.3) is 16.6 Å². The van der Waals surface area contributed by atoms with Gasteiger partial charge >= 0.3 is 0 Å². The second-order valence-corrected chi connectivity index (χ2v) is 8.87. The molecule has 0 atom stereocenters. The molecular formula is C24H26FN3O2S. The molecule has 2 heterocycles. The highest BCUT2D eigenvalue weighted by Gasteiger charge is 2.19. The number of benzene rings is 2. The molecule has 0 N–H and O–H groups in total. The molecule has 0 unspecified atom stereocenters. The lowest BCUT2D eigenvalue weighted by Gasteiger charge is -2.24. The fraction of sp³-hybridized carbons (Fsp3) is 0.375. The Morgan fingerprint density at radius 3 is 2.52 bits per heavy atom. The first kappa shape index (κ1) is 21.6. The molecule has 0 radical (unpaired) electrons. The topological polar surface area (TPSA) is 55.2 Å². The van der Waals surface area contributed by atoms with Crippen LogP contribution < -0.4 is 5.56 Å². The Bertz CT molecular complexity index is 1150. The zero-order valence-corrected chi connectivity index (χ0v) is 18.5. The average molecular weight is 440 g/mol. The van der Waals surface area contributed by atoms with E-state index in [2.05, 4.69) is 4.98 Å². The maximum Gasteiger partial charge on any atom is 0.266 e. The van der Waals surface area contributed by atoms with Crippen molar-refractivity contribution in [2.45, 2.75) is 44.2 Å². The molecule has 1 fully saturated rings. The first-order valence-corrected chi connectivity index (χ1v) is 11.7. The number of nitrogens with zero attached hydrogens (tertiary/aromatic N) is 3. The number of thioether (sulfide) groups is 1. The van der Waals surface area contributed by atoms with Gasteiger partial charge < -0.3 is 4.90 Å². The second-order valence-electron chi connectivity index (χ2n) is 7.92. The quantitative estimate of drug-likeness (QED) is 0.436. The van der Waals surface area contributed by atoms with E-state index >= 15 is 0 Å². The molecule has 5 nitrogen and oxygen atoms in total. The monoisotopic (exact) mass is 439 g/mol. The first-order valence-electron chi connectivity index (χ1n) is 10.7. The molecule has 7 heteroatoms. The van der Waals surface area contributed by atoms with Crippen LogP contribution in [0, 0.1) is 12.7 Å². The van der Waals surface area contributed by atoms with Crippen LogP contribution >= 0.6 is 11.8 Å². The van der Waals surface area contributed by atoms with Gasteiger partial charge in [0.1, 0.15) is 5.82 Å². The van der Waals surface area contributed by atoms with E-state index < -0.39 is 0 Å². The van der Waals surface area contributed by atoms with Gasteiger partial charge in [-0.15, -0.1) is 0 Å². The SMILES string of the molecule is Cc1ccc(-n2c(SCC(=O)N3CCCCCCC3)nc3ccccc3c2=O)cc1F. The van der Waals surface area contributed by atoms with Crippen molar-refractivity contribution in [1.82, 2.24) is 14.5 Å². The van der Waals surface area contributed by atoms with Crippen LogP contribution in [-0.2, 0) is 4.79 Å². The van der Waals surface area contributed by atoms with Crippen molar-refractivity contribution in [3.8, 4) is 5.69 Å². The fourth-order valence-corrected chi connectivity index (χ4v) is 4.79. The summed E-state index contributed by atoms with van der Waals surface area (Å²) in [5.74, 6) is -0.139. The summed E-state index contributed by atoms with van der Waals surface area (Å²) in [5.41, 5.74) is 1.21. The number of carbonyl (C=O) groups excluding carboxylic acids is 1. The number of aryl methyl sites for hydroxylation is 1. The van der Waals surface area contributed by atoms with Crippen molar-refractivity contribution < 1.29 is 9.18 Å². The third-order valence-electron chi connectivity index (χ3n) is 5.69. The van der Waals surface area contributed by atoms with E-state index in [9.17, 15) is 14.0 Å². The molecule has 162 valence electrons. The van der Waals surface area contributed by atoms with Crippen molar-refractivity contribution in [3.05, 3.63) is 64.2 Å². The zero-order valence-electron chi connectivity index (χ0n) is 17.6. The summed E-state index contributed by atoms with van der Waals surface area (Å²) >= 11 is 1.23. The molecule has 2 aromatic carbocycles. The van der Waals surface area contributed by atoms with Crippen LogP contribution in [-0.4, -0.2) is 39.2 Å². The third-order valence-corrected chi connectivity index (χ3v) is 6.62. The van der Waals surface area contributed by atoms with Crippen molar-refractivity contribution >= 4 is 28.6 Å². The van der Waals surface area contributed by atoms with Gasteiger partial charge in [-0.2, -0.15) is 0 Å². The molecule has 31 heavy (non-hydrogen) atoms. The Morgan fingerprint density at radius 2 is 1.77 bits per heavy atom. The molecule has 1 amide bonds. The van der Waals surface area contributed by atoms with Gasteiger partial charge in [0.05, 0.1) is 22.3 Å². The molecule has 0 aliphatic carbocycles. The lowest BCUT2D eigenvalue weighted by Crippen LogP contribution is -2.35. The van der Waals surface area contributed by atoms with Gasteiger partial charge in [-0.25, -0.2) is 9.37 Å². The van der Waals surface area contributed by atoms with E-state index in [1.165, 1.54) is 28.8 Å². The molecule has 0 bridgehead atoms. The number of halogens is 1. The Balaban J connectivity index is 1.68. The minimum atomic E-state index is -0.384. The predicted molar refractivity (Wildman–Crippen MR) is 122 cm³/mol. The van der Waals surface area contributed by atoms with Crippen LogP contribution in [0.3, 0.4) is 0 Å². The predicted octanol–water partition coefficient (Wildman–Crippen LogP) is 4.72. The summed E-state index contributed by atoms with van der Waals surface area (Å²) in [6.45, 7) is 3.24. The van der Waals surface area contributed by atoms with Gasteiger partial charge in [-0.3, -0.25) is 14.2 Å². The van der Waals surface area contributed by atoms with E-state index in [0.29, 0.717) is 27.3 Å². The molecule has 1 aromatic heterocycles. The number of likely N-dealkylation sites (tertiary alicyclic amines) is 1. The van der Waals surface area contributed by atoms with Crippen molar-refractivity contribution in [3.63, 3.8) is 0 Å². The van der Waals surface area contributed by atoms with Crippen LogP contribution in [0.15, 0.2) is 52.4 Å². The molecule has 0 saturated carbocycles. The highest BCUT2D eigenvalue weighted by atomic mass is 32.2. The molecule has 1 aliphatic heterocycles. The minimum Gasteiger partial charge on any atom is -0.342 e. The van der Waals surface area contributed by atoms with Crippen LogP contribution in [0.2, 0.25) is 0 Å². The summed E-state index contributed by atoms with van der Waals surface area (Å²) in [6.07, 6.45) is 5.59. The van der Waals surface area contributed by atoms with E-state index in [0.717, 1.165) is 38.8 Å². The highest BCUT2D eigenvalue weighted by molar-refractivity contribution is 7.99. The Hall–Kier alpha value is -2.67. The van der Waals surface area contributed by atoms with Crippen LogP contribution in [0.5, 0.6) is 0 Å². The standard InChI is InChI=1S/C24H26FN3O2S/c1-17-11-12-18(15-20(17)25)28-23(30)19-9-5-6-10-21(19)26-24(28)31-16-22(29)27-13-7-3-2-4-8-14-27/h5-6,9-12,15H,2-4,7-8,13-14,16H2,1H3. The van der Waals surface area contributed by atoms with Crippen LogP contribution in [0.1, 0.15) is 37.7 Å². The van der Waals surface area contributed by atoms with Crippen LogP contribution in [0.4, 0.5) is 4.39 Å². The number of hydrogen-bond donors (Lipinski definition) is 0. The summed E-state index contributed by atoms with van der Waals surface area (Å²) < 4.78 is 15.7.